The van der Waals surface area contributed by atoms with Gasteiger partial charge < -0.3 is 10.1 Å². The van der Waals surface area contributed by atoms with Crippen molar-refractivity contribution in [3.05, 3.63) is 45.7 Å². The third-order valence-corrected chi connectivity index (χ3v) is 4.07. The van der Waals surface area contributed by atoms with E-state index in [1.807, 2.05) is 16.9 Å². The SMILES string of the molecule is COc1ccc(Cn2ncc(CNC(C)C)c2C)cc1Br. The summed E-state index contributed by atoms with van der Waals surface area (Å²) in [5.74, 6) is 0.845. The van der Waals surface area contributed by atoms with Gasteiger partial charge in [-0.15, -0.1) is 0 Å². The molecule has 0 unspecified atom stereocenters. The Morgan fingerprint density at radius 1 is 1.38 bits per heavy atom. The van der Waals surface area contributed by atoms with E-state index in [2.05, 4.69) is 59.2 Å². The summed E-state index contributed by atoms with van der Waals surface area (Å²) in [5.41, 5.74) is 3.64. The molecular weight excluding hydrogens is 330 g/mol. The second kappa shape index (κ2) is 7.09. The van der Waals surface area contributed by atoms with Gasteiger partial charge in [-0.1, -0.05) is 19.9 Å². The first kappa shape index (κ1) is 16.0. The van der Waals surface area contributed by atoms with Crippen LogP contribution < -0.4 is 10.1 Å². The molecule has 0 bridgehead atoms. The molecule has 0 saturated carbocycles. The molecule has 0 amide bonds. The Hall–Kier alpha value is -1.33. The minimum Gasteiger partial charge on any atom is -0.496 e. The van der Waals surface area contributed by atoms with Crippen LogP contribution in [-0.4, -0.2) is 22.9 Å². The summed E-state index contributed by atoms with van der Waals surface area (Å²) in [6, 6.07) is 6.59. The summed E-state index contributed by atoms with van der Waals surface area (Å²) < 4.78 is 8.25. The summed E-state index contributed by atoms with van der Waals surface area (Å²) in [6.07, 6.45) is 1.95. The Morgan fingerprint density at radius 2 is 2.14 bits per heavy atom. The number of hydrogen-bond acceptors (Lipinski definition) is 3. The Kier molecular flexibility index (Phi) is 5.42. The van der Waals surface area contributed by atoms with E-state index in [0.717, 1.165) is 23.3 Å². The molecule has 0 saturated heterocycles. The van der Waals surface area contributed by atoms with Gasteiger partial charge in [-0.25, -0.2) is 0 Å². The maximum absolute atomic E-state index is 5.25. The summed E-state index contributed by atoms with van der Waals surface area (Å²) >= 11 is 3.52. The highest BCUT2D eigenvalue weighted by atomic mass is 79.9. The Morgan fingerprint density at radius 3 is 2.76 bits per heavy atom. The molecule has 2 aromatic rings. The van der Waals surface area contributed by atoms with Gasteiger partial charge in [0.25, 0.3) is 0 Å². The average Bonchev–Trinajstić information content (AvgIpc) is 2.78. The topological polar surface area (TPSA) is 39.1 Å². The highest BCUT2D eigenvalue weighted by Gasteiger charge is 2.08. The van der Waals surface area contributed by atoms with Gasteiger partial charge in [0.15, 0.2) is 0 Å². The van der Waals surface area contributed by atoms with E-state index in [1.54, 1.807) is 7.11 Å². The zero-order valence-electron chi connectivity index (χ0n) is 13.0. The molecule has 0 aliphatic carbocycles. The molecule has 0 spiro atoms. The maximum Gasteiger partial charge on any atom is 0.133 e. The van der Waals surface area contributed by atoms with Crippen LogP contribution in [0.25, 0.3) is 0 Å². The average molecular weight is 352 g/mol. The van der Waals surface area contributed by atoms with Crippen LogP contribution in [-0.2, 0) is 13.1 Å². The number of aromatic nitrogens is 2. The highest BCUT2D eigenvalue weighted by molar-refractivity contribution is 9.10. The number of hydrogen-bond donors (Lipinski definition) is 1. The normalized spacial score (nSPS) is 11.1. The lowest BCUT2D eigenvalue weighted by atomic mass is 10.2. The zero-order valence-corrected chi connectivity index (χ0v) is 14.6. The molecule has 21 heavy (non-hydrogen) atoms. The molecule has 0 fully saturated rings. The molecular formula is C16H22BrN3O. The van der Waals surface area contributed by atoms with Crippen molar-refractivity contribution in [1.82, 2.24) is 15.1 Å². The molecule has 114 valence electrons. The van der Waals surface area contributed by atoms with Crippen LogP contribution in [0.4, 0.5) is 0 Å². The van der Waals surface area contributed by atoms with Crippen molar-refractivity contribution in [2.45, 2.75) is 39.9 Å². The van der Waals surface area contributed by atoms with Crippen LogP contribution in [0.1, 0.15) is 30.7 Å². The second-order valence-corrected chi connectivity index (χ2v) is 6.27. The van der Waals surface area contributed by atoms with Gasteiger partial charge in [0.2, 0.25) is 0 Å². The van der Waals surface area contributed by atoms with Gasteiger partial charge in [-0.2, -0.15) is 5.10 Å². The van der Waals surface area contributed by atoms with Gasteiger partial charge in [0.05, 0.1) is 24.3 Å². The van der Waals surface area contributed by atoms with Gasteiger partial charge in [-0.05, 0) is 40.5 Å². The predicted molar refractivity (Wildman–Crippen MR) is 88.7 cm³/mol. The lowest BCUT2D eigenvalue weighted by Gasteiger charge is -2.10. The van der Waals surface area contributed by atoms with Gasteiger partial charge in [-0.3, -0.25) is 4.68 Å². The fourth-order valence-electron chi connectivity index (χ4n) is 2.11. The molecule has 1 aromatic carbocycles. The minimum atomic E-state index is 0.477. The van der Waals surface area contributed by atoms with E-state index in [1.165, 1.54) is 16.8 Å². The number of benzene rings is 1. The molecule has 4 nitrogen and oxygen atoms in total. The Bertz CT molecular complexity index is 608. The van der Waals surface area contributed by atoms with Crippen molar-refractivity contribution < 1.29 is 4.74 Å². The van der Waals surface area contributed by atoms with Crippen molar-refractivity contribution in [3.63, 3.8) is 0 Å². The lowest BCUT2D eigenvalue weighted by Crippen LogP contribution is -2.22. The van der Waals surface area contributed by atoms with Crippen LogP contribution in [0.3, 0.4) is 0 Å². The lowest BCUT2D eigenvalue weighted by molar-refractivity contribution is 0.412. The summed E-state index contributed by atoms with van der Waals surface area (Å²) in [4.78, 5) is 0. The Balaban J connectivity index is 2.11. The van der Waals surface area contributed by atoms with E-state index in [9.17, 15) is 0 Å². The van der Waals surface area contributed by atoms with E-state index in [4.69, 9.17) is 4.74 Å². The number of ether oxygens (including phenoxy) is 1. The van der Waals surface area contributed by atoms with Crippen LogP contribution in [0.2, 0.25) is 0 Å². The predicted octanol–water partition coefficient (Wildman–Crippen LogP) is 3.51. The van der Waals surface area contributed by atoms with E-state index < -0.39 is 0 Å². The molecule has 0 aliphatic heterocycles. The number of methoxy groups -OCH3 is 1. The van der Waals surface area contributed by atoms with Crippen molar-refractivity contribution >= 4 is 15.9 Å². The van der Waals surface area contributed by atoms with Crippen molar-refractivity contribution in [2.75, 3.05) is 7.11 Å². The van der Waals surface area contributed by atoms with Gasteiger partial charge in [0.1, 0.15) is 5.75 Å². The van der Waals surface area contributed by atoms with Crippen LogP contribution in [0.15, 0.2) is 28.9 Å². The smallest absolute Gasteiger partial charge is 0.133 e. The fourth-order valence-corrected chi connectivity index (χ4v) is 2.70. The third kappa shape index (κ3) is 4.08. The molecule has 0 atom stereocenters. The van der Waals surface area contributed by atoms with Crippen LogP contribution >= 0.6 is 15.9 Å². The maximum atomic E-state index is 5.25. The monoisotopic (exact) mass is 351 g/mol. The molecule has 0 radical (unpaired) electrons. The molecule has 1 heterocycles. The summed E-state index contributed by atoms with van der Waals surface area (Å²) in [6.45, 7) is 8.03. The zero-order chi connectivity index (χ0) is 15.4. The second-order valence-electron chi connectivity index (χ2n) is 5.42. The standard InChI is InChI=1S/C16H22BrN3O/c1-11(2)18-8-14-9-19-20(12(14)3)10-13-5-6-16(21-4)15(17)7-13/h5-7,9,11,18H,8,10H2,1-4H3. The number of nitrogens with one attached hydrogen (secondary N) is 1. The fraction of sp³-hybridized carbons (Fsp3) is 0.438. The minimum absolute atomic E-state index is 0.477. The highest BCUT2D eigenvalue weighted by Crippen LogP contribution is 2.26. The third-order valence-electron chi connectivity index (χ3n) is 3.45. The first-order chi connectivity index (χ1) is 10.0. The van der Waals surface area contributed by atoms with E-state index in [0.29, 0.717) is 6.04 Å². The largest absolute Gasteiger partial charge is 0.496 e. The first-order valence-corrected chi connectivity index (χ1v) is 7.87. The van der Waals surface area contributed by atoms with Gasteiger partial charge >= 0.3 is 0 Å². The van der Waals surface area contributed by atoms with Crippen molar-refractivity contribution in [1.29, 1.82) is 0 Å². The molecule has 0 aliphatic rings. The first-order valence-electron chi connectivity index (χ1n) is 7.08. The quantitative estimate of drug-likeness (QED) is 0.865. The Labute approximate surface area is 134 Å². The van der Waals surface area contributed by atoms with E-state index >= 15 is 0 Å². The van der Waals surface area contributed by atoms with Crippen molar-refractivity contribution in [3.8, 4) is 5.75 Å². The van der Waals surface area contributed by atoms with Crippen molar-refractivity contribution in [2.24, 2.45) is 0 Å². The van der Waals surface area contributed by atoms with Gasteiger partial charge in [0, 0.05) is 23.8 Å². The van der Waals surface area contributed by atoms with Crippen LogP contribution in [0, 0.1) is 6.92 Å². The number of halogens is 1. The summed E-state index contributed by atoms with van der Waals surface area (Å²) in [7, 11) is 1.67. The summed E-state index contributed by atoms with van der Waals surface area (Å²) in [5, 5.41) is 7.92. The molecule has 1 N–H and O–H groups in total. The molecule has 1 aromatic heterocycles. The van der Waals surface area contributed by atoms with Crippen LogP contribution in [0.5, 0.6) is 5.75 Å². The molecule has 5 heteroatoms. The number of nitrogens with zero attached hydrogens (tertiary/aromatic N) is 2. The number of rotatable bonds is 6. The molecule has 2 rings (SSSR count). The van der Waals surface area contributed by atoms with E-state index in [-0.39, 0.29) is 0 Å².